The van der Waals surface area contributed by atoms with Crippen LogP contribution >= 0.6 is 0 Å². The maximum absolute atomic E-state index is 5.24. The third-order valence-corrected chi connectivity index (χ3v) is 3.24. The normalized spacial score (nSPS) is 21.2. The summed E-state index contributed by atoms with van der Waals surface area (Å²) in [5.74, 6) is 0. The molecule has 0 aromatic heterocycles. The van der Waals surface area contributed by atoms with Crippen molar-refractivity contribution < 1.29 is 4.74 Å². The Hall–Kier alpha value is -0.0800. The first-order valence-corrected chi connectivity index (χ1v) is 5.47. The highest BCUT2D eigenvalue weighted by atomic mass is 16.5. The van der Waals surface area contributed by atoms with E-state index in [1.165, 1.54) is 32.2 Å². The van der Waals surface area contributed by atoms with Gasteiger partial charge in [0, 0.05) is 19.7 Å². The molecular weight excluding hydrogens is 162 g/mol. The molecule has 0 amide bonds. The molecule has 1 unspecified atom stereocenters. The summed E-state index contributed by atoms with van der Waals surface area (Å²) in [7, 11) is 4.04. The van der Waals surface area contributed by atoms with Crippen LogP contribution in [-0.2, 0) is 4.74 Å². The Bertz CT molecular complexity index is 132. The number of rotatable bonds is 5. The first kappa shape index (κ1) is 11.0. The van der Waals surface area contributed by atoms with Crippen LogP contribution in [0.3, 0.4) is 0 Å². The second kappa shape index (κ2) is 5.61. The van der Waals surface area contributed by atoms with Gasteiger partial charge in [-0.15, -0.1) is 0 Å². The van der Waals surface area contributed by atoms with E-state index in [2.05, 4.69) is 18.9 Å². The van der Waals surface area contributed by atoms with Crippen molar-refractivity contribution in [2.45, 2.75) is 51.2 Å². The zero-order valence-corrected chi connectivity index (χ0v) is 9.25. The van der Waals surface area contributed by atoms with Crippen LogP contribution in [0.4, 0.5) is 0 Å². The SMILES string of the molecule is COC(C)CCN(C)C1CCCC1. The van der Waals surface area contributed by atoms with Gasteiger partial charge in [0.05, 0.1) is 6.10 Å². The fourth-order valence-corrected chi connectivity index (χ4v) is 2.03. The molecule has 2 nitrogen and oxygen atoms in total. The lowest BCUT2D eigenvalue weighted by Gasteiger charge is -2.24. The molecule has 0 aliphatic heterocycles. The van der Waals surface area contributed by atoms with Gasteiger partial charge in [0.2, 0.25) is 0 Å². The molecule has 1 atom stereocenters. The van der Waals surface area contributed by atoms with Crippen LogP contribution in [-0.4, -0.2) is 37.7 Å². The minimum atomic E-state index is 0.406. The zero-order chi connectivity index (χ0) is 9.68. The average Bonchev–Trinajstić information content (AvgIpc) is 2.66. The Morgan fingerprint density at radius 1 is 1.38 bits per heavy atom. The van der Waals surface area contributed by atoms with Gasteiger partial charge in [0.15, 0.2) is 0 Å². The van der Waals surface area contributed by atoms with Crippen LogP contribution in [0.15, 0.2) is 0 Å². The second-order valence-corrected chi connectivity index (χ2v) is 4.25. The maximum atomic E-state index is 5.24. The molecule has 0 N–H and O–H groups in total. The van der Waals surface area contributed by atoms with E-state index in [1.807, 2.05) is 0 Å². The van der Waals surface area contributed by atoms with E-state index in [0.29, 0.717) is 6.10 Å². The molecule has 0 saturated heterocycles. The average molecular weight is 185 g/mol. The third-order valence-electron chi connectivity index (χ3n) is 3.24. The summed E-state index contributed by atoms with van der Waals surface area (Å²) in [4.78, 5) is 2.50. The lowest BCUT2D eigenvalue weighted by atomic mass is 10.2. The fraction of sp³-hybridized carbons (Fsp3) is 1.00. The molecule has 1 saturated carbocycles. The van der Waals surface area contributed by atoms with Gasteiger partial charge in [-0.05, 0) is 33.2 Å². The van der Waals surface area contributed by atoms with Crippen molar-refractivity contribution >= 4 is 0 Å². The molecule has 0 radical (unpaired) electrons. The van der Waals surface area contributed by atoms with Crippen LogP contribution in [0.2, 0.25) is 0 Å². The van der Waals surface area contributed by atoms with Crippen molar-refractivity contribution in [3.63, 3.8) is 0 Å². The Labute approximate surface area is 82.3 Å². The molecule has 1 fully saturated rings. The highest BCUT2D eigenvalue weighted by Gasteiger charge is 2.19. The van der Waals surface area contributed by atoms with Crippen molar-refractivity contribution in [3.8, 4) is 0 Å². The molecule has 13 heavy (non-hydrogen) atoms. The first-order valence-electron chi connectivity index (χ1n) is 5.47. The number of hydrogen-bond donors (Lipinski definition) is 0. The summed E-state index contributed by atoms with van der Waals surface area (Å²) in [5, 5.41) is 0. The van der Waals surface area contributed by atoms with Gasteiger partial charge in [0.25, 0.3) is 0 Å². The largest absolute Gasteiger partial charge is 0.382 e. The third kappa shape index (κ3) is 3.65. The van der Waals surface area contributed by atoms with Crippen molar-refractivity contribution in [3.05, 3.63) is 0 Å². The number of ether oxygens (including phenoxy) is 1. The molecule has 0 aromatic rings. The molecule has 0 heterocycles. The predicted molar refractivity (Wildman–Crippen MR) is 56.0 cm³/mol. The summed E-state index contributed by atoms with van der Waals surface area (Å²) in [5.41, 5.74) is 0. The molecule has 1 aliphatic rings. The van der Waals surface area contributed by atoms with Crippen molar-refractivity contribution in [1.29, 1.82) is 0 Å². The zero-order valence-electron chi connectivity index (χ0n) is 9.25. The topological polar surface area (TPSA) is 12.5 Å². The summed E-state index contributed by atoms with van der Waals surface area (Å²) in [6, 6.07) is 0.851. The summed E-state index contributed by atoms with van der Waals surface area (Å²) in [6.07, 6.45) is 7.21. The van der Waals surface area contributed by atoms with Crippen molar-refractivity contribution in [2.24, 2.45) is 0 Å². The van der Waals surface area contributed by atoms with Gasteiger partial charge in [-0.1, -0.05) is 12.8 Å². The molecule has 0 spiro atoms. The van der Waals surface area contributed by atoms with Crippen LogP contribution < -0.4 is 0 Å². The molecular formula is C11H23NO. The van der Waals surface area contributed by atoms with E-state index in [9.17, 15) is 0 Å². The summed E-state index contributed by atoms with van der Waals surface area (Å²) < 4.78 is 5.24. The van der Waals surface area contributed by atoms with E-state index in [-0.39, 0.29) is 0 Å². The standard InChI is InChI=1S/C11H23NO/c1-10(13-3)8-9-12(2)11-6-4-5-7-11/h10-11H,4-9H2,1-3H3. The van der Waals surface area contributed by atoms with Gasteiger partial charge >= 0.3 is 0 Å². The Morgan fingerprint density at radius 3 is 2.54 bits per heavy atom. The molecule has 1 aliphatic carbocycles. The lowest BCUT2D eigenvalue weighted by molar-refractivity contribution is 0.0950. The Morgan fingerprint density at radius 2 is 2.00 bits per heavy atom. The molecule has 1 rings (SSSR count). The molecule has 0 aromatic carbocycles. The lowest BCUT2D eigenvalue weighted by Crippen LogP contribution is -2.31. The smallest absolute Gasteiger partial charge is 0.0555 e. The minimum absolute atomic E-state index is 0.406. The van der Waals surface area contributed by atoms with Crippen molar-refractivity contribution in [2.75, 3.05) is 20.7 Å². The quantitative estimate of drug-likeness (QED) is 0.651. The number of hydrogen-bond acceptors (Lipinski definition) is 2. The van der Waals surface area contributed by atoms with Crippen LogP contribution in [0.5, 0.6) is 0 Å². The summed E-state index contributed by atoms with van der Waals surface area (Å²) >= 11 is 0. The van der Waals surface area contributed by atoms with E-state index in [4.69, 9.17) is 4.74 Å². The van der Waals surface area contributed by atoms with Gasteiger partial charge < -0.3 is 9.64 Å². The van der Waals surface area contributed by atoms with Crippen LogP contribution in [0.1, 0.15) is 39.0 Å². The minimum Gasteiger partial charge on any atom is -0.382 e. The second-order valence-electron chi connectivity index (χ2n) is 4.25. The maximum Gasteiger partial charge on any atom is 0.0555 e. The Balaban J connectivity index is 2.12. The van der Waals surface area contributed by atoms with E-state index >= 15 is 0 Å². The Kier molecular flexibility index (Phi) is 4.74. The van der Waals surface area contributed by atoms with Crippen LogP contribution in [0.25, 0.3) is 0 Å². The predicted octanol–water partition coefficient (Wildman–Crippen LogP) is 2.29. The van der Waals surface area contributed by atoms with Gasteiger partial charge in [-0.3, -0.25) is 0 Å². The highest BCUT2D eigenvalue weighted by molar-refractivity contribution is 4.75. The number of methoxy groups -OCH3 is 1. The summed E-state index contributed by atoms with van der Waals surface area (Å²) in [6.45, 7) is 3.32. The number of nitrogens with zero attached hydrogens (tertiary/aromatic N) is 1. The fourth-order valence-electron chi connectivity index (χ4n) is 2.03. The first-order chi connectivity index (χ1) is 6.24. The van der Waals surface area contributed by atoms with E-state index in [1.54, 1.807) is 7.11 Å². The highest BCUT2D eigenvalue weighted by Crippen LogP contribution is 2.22. The molecule has 0 bridgehead atoms. The van der Waals surface area contributed by atoms with Crippen LogP contribution in [0, 0.1) is 0 Å². The van der Waals surface area contributed by atoms with Gasteiger partial charge in [-0.25, -0.2) is 0 Å². The van der Waals surface area contributed by atoms with E-state index in [0.717, 1.165) is 12.5 Å². The van der Waals surface area contributed by atoms with Gasteiger partial charge in [-0.2, -0.15) is 0 Å². The van der Waals surface area contributed by atoms with E-state index < -0.39 is 0 Å². The molecule has 2 heteroatoms. The van der Waals surface area contributed by atoms with Crippen molar-refractivity contribution in [1.82, 2.24) is 4.90 Å². The molecule has 78 valence electrons. The van der Waals surface area contributed by atoms with Gasteiger partial charge in [0.1, 0.15) is 0 Å². The monoisotopic (exact) mass is 185 g/mol.